The third-order valence-electron chi connectivity index (χ3n) is 3.84. The lowest BCUT2D eigenvalue weighted by molar-refractivity contribution is 0.707. The van der Waals surface area contributed by atoms with Gasteiger partial charge in [0.1, 0.15) is 17.2 Å². The van der Waals surface area contributed by atoms with E-state index in [4.69, 9.17) is 0 Å². The molecule has 0 spiro atoms. The minimum atomic E-state index is 0.247. The Morgan fingerprint density at radius 3 is 2.90 bits per heavy atom. The van der Waals surface area contributed by atoms with Crippen LogP contribution in [0.5, 0.6) is 0 Å². The molecule has 106 valence electrons. The first-order chi connectivity index (χ1) is 9.88. The highest BCUT2D eigenvalue weighted by molar-refractivity contribution is 7.09. The van der Waals surface area contributed by atoms with E-state index in [2.05, 4.69) is 27.2 Å². The SMILES string of the molecule is CCC(Nc1ncnc2c1CCCCC2)c1nccs1. The zero-order chi connectivity index (χ0) is 13.8. The van der Waals surface area contributed by atoms with Crippen LogP contribution < -0.4 is 5.32 Å². The molecule has 1 aliphatic carbocycles. The van der Waals surface area contributed by atoms with Gasteiger partial charge in [-0.2, -0.15) is 0 Å². The molecule has 1 N–H and O–H groups in total. The van der Waals surface area contributed by atoms with Crippen molar-refractivity contribution in [2.24, 2.45) is 0 Å². The van der Waals surface area contributed by atoms with Gasteiger partial charge in [-0.25, -0.2) is 15.0 Å². The molecule has 1 aliphatic rings. The van der Waals surface area contributed by atoms with Crippen LogP contribution in [-0.4, -0.2) is 15.0 Å². The van der Waals surface area contributed by atoms with Crippen LogP contribution in [0.1, 0.15) is 54.9 Å². The molecule has 0 aromatic carbocycles. The highest BCUT2D eigenvalue weighted by Crippen LogP contribution is 2.28. The van der Waals surface area contributed by atoms with Crippen LogP contribution in [0.2, 0.25) is 0 Å². The van der Waals surface area contributed by atoms with Gasteiger partial charge < -0.3 is 5.32 Å². The summed E-state index contributed by atoms with van der Waals surface area (Å²) in [4.78, 5) is 13.4. The van der Waals surface area contributed by atoms with Crippen LogP contribution in [-0.2, 0) is 12.8 Å². The standard InChI is InChI=1S/C15H20N4S/c1-2-12(15-16-8-9-20-15)19-14-11-6-4-3-5-7-13(11)17-10-18-14/h8-10,12H,2-7H2,1H3,(H,17,18,19). The molecule has 0 fully saturated rings. The zero-order valence-corrected chi connectivity index (χ0v) is 12.6. The number of aryl methyl sites for hydroxylation is 1. The zero-order valence-electron chi connectivity index (χ0n) is 11.8. The predicted octanol–water partition coefficient (Wildman–Crippen LogP) is 3.77. The first kappa shape index (κ1) is 13.5. The van der Waals surface area contributed by atoms with E-state index in [1.807, 2.05) is 11.6 Å². The Hall–Kier alpha value is -1.49. The summed E-state index contributed by atoms with van der Waals surface area (Å²) in [6.45, 7) is 2.18. The summed E-state index contributed by atoms with van der Waals surface area (Å²) in [5.41, 5.74) is 2.55. The molecule has 0 bridgehead atoms. The van der Waals surface area contributed by atoms with Gasteiger partial charge in [0.15, 0.2) is 0 Å². The first-order valence-electron chi connectivity index (χ1n) is 7.37. The van der Waals surface area contributed by atoms with Crippen molar-refractivity contribution < 1.29 is 0 Å². The van der Waals surface area contributed by atoms with Crippen molar-refractivity contribution in [2.45, 2.75) is 51.5 Å². The van der Waals surface area contributed by atoms with E-state index >= 15 is 0 Å². The smallest absolute Gasteiger partial charge is 0.133 e. The monoisotopic (exact) mass is 288 g/mol. The molecule has 3 rings (SSSR count). The molecule has 1 atom stereocenters. The second kappa shape index (κ2) is 6.31. The normalized spacial score (nSPS) is 16.2. The summed E-state index contributed by atoms with van der Waals surface area (Å²) in [6, 6.07) is 0.247. The molecule has 0 saturated carbocycles. The van der Waals surface area contributed by atoms with Gasteiger partial charge in [0.2, 0.25) is 0 Å². The van der Waals surface area contributed by atoms with Gasteiger partial charge in [-0.3, -0.25) is 0 Å². The maximum absolute atomic E-state index is 4.49. The van der Waals surface area contributed by atoms with Gasteiger partial charge in [0.25, 0.3) is 0 Å². The van der Waals surface area contributed by atoms with Crippen molar-refractivity contribution in [3.8, 4) is 0 Å². The molecular formula is C15H20N4S. The lowest BCUT2D eigenvalue weighted by Crippen LogP contribution is -2.13. The van der Waals surface area contributed by atoms with Crippen LogP contribution in [0.3, 0.4) is 0 Å². The summed E-state index contributed by atoms with van der Waals surface area (Å²) in [5.74, 6) is 1.01. The molecule has 5 heteroatoms. The lowest BCUT2D eigenvalue weighted by Gasteiger charge is -2.18. The molecule has 4 nitrogen and oxygen atoms in total. The van der Waals surface area contributed by atoms with Crippen molar-refractivity contribution in [2.75, 3.05) is 5.32 Å². The fraction of sp³-hybridized carbons (Fsp3) is 0.533. The van der Waals surface area contributed by atoms with E-state index in [-0.39, 0.29) is 6.04 Å². The van der Waals surface area contributed by atoms with Gasteiger partial charge in [-0.1, -0.05) is 13.3 Å². The topological polar surface area (TPSA) is 50.7 Å². The van der Waals surface area contributed by atoms with Crippen molar-refractivity contribution in [1.82, 2.24) is 15.0 Å². The van der Waals surface area contributed by atoms with Crippen molar-refractivity contribution >= 4 is 17.2 Å². The molecule has 0 amide bonds. The quantitative estimate of drug-likeness (QED) is 0.870. The summed E-state index contributed by atoms with van der Waals surface area (Å²) < 4.78 is 0. The third-order valence-corrected chi connectivity index (χ3v) is 4.73. The second-order valence-corrected chi connectivity index (χ2v) is 6.11. The maximum Gasteiger partial charge on any atom is 0.133 e. The largest absolute Gasteiger partial charge is 0.361 e. The number of aromatic nitrogens is 3. The molecule has 20 heavy (non-hydrogen) atoms. The van der Waals surface area contributed by atoms with Gasteiger partial charge in [0, 0.05) is 22.8 Å². The van der Waals surface area contributed by atoms with E-state index in [1.54, 1.807) is 17.7 Å². The maximum atomic E-state index is 4.49. The molecule has 2 aromatic rings. The molecule has 1 unspecified atom stereocenters. The Morgan fingerprint density at radius 2 is 2.10 bits per heavy atom. The average Bonchev–Trinajstić information content (AvgIpc) is 2.89. The Bertz CT molecular complexity index is 553. The van der Waals surface area contributed by atoms with E-state index in [0.29, 0.717) is 0 Å². The number of rotatable bonds is 4. The van der Waals surface area contributed by atoms with E-state index in [1.165, 1.54) is 30.5 Å². The second-order valence-electron chi connectivity index (χ2n) is 5.18. The van der Waals surface area contributed by atoms with Crippen LogP contribution in [0.4, 0.5) is 5.82 Å². The highest BCUT2D eigenvalue weighted by atomic mass is 32.1. The minimum Gasteiger partial charge on any atom is -0.361 e. The van der Waals surface area contributed by atoms with E-state index < -0.39 is 0 Å². The highest BCUT2D eigenvalue weighted by Gasteiger charge is 2.18. The van der Waals surface area contributed by atoms with Crippen LogP contribution >= 0.6 is 11.3 Å². The number of nitrogens with zero attached hydrogens (tertiary/aromatic N) is 3. The van der Waals surface area contributed by atoms with Crippen LogP contribution in [0.15, 0.2) is 17.9 Å². The summed E-state index contributed by atoms with van der Waals surface area (Å²) in [6.07, 6.45) is 10.5. The fourth-order valence-corrected chi connectivity index (χ4v) is 3.51. The number of nitrogens with one attached hydrogen (secondary N) is 1. The number of hydrogen-bond donors (Lipinski definition) is 1. The summed E-state index contributed by atoms with van der Waals surface area (Å²) in [7, 11) is 0. The molecule has 0 saturated heterocycles. The van der Waals surface area contributed by atoms with Crippen LogP contribution in [0, 0.1) is 0 Å². The lowest BCUT2D eigenvalue weighted by atomic mass is 10.1. The van der Waals surface area contributed by atoms with E-state index in [0.717, 1.165) is 30.1 Å². The van der Waals surface area contributed by atoms with Crippen molar-refractivity contribution in [3.63, 3.8) is 0 Å². The predicted molar refractivity (Wildman–Crippen MR) is 82.1 cm³/mol. The Balaban J connectivity index is 1.87. The van der Waals surface area contributed by atoms with Gasteiger partial charge in [0.05, 0.1) is 6.04 Å². The molecular weight excluding hydrogens is 268 g/mol. The number of anilines is 1. The molecule has 2 heterocycles. The fourth-order valence-electron chi connectivity index (χ4n) is 2.73. The third kappa shape index (κ3) is 2.82. The van der Waals surface area contributed by atoms with Gasteiger partial charge in [-0.15, -0.1) is 11.3 Å². The number of fused-ring (bicyclic) bond motifs is 1. The summed E-state index contributed by atoms with van der Waals surface area (Å²) in [5, 5.41) is 6.74. The summed E-state index contributed by atoms with van der Waals surface area (Å²) >= 11 is 1.70. The number of thiazole rings is 1. The Labute approximate surface area is 123 Å². The first-order valence-corrected chi connectivity index (χ1v) is 8.25. The van der Waals surface area contributed by atoms with Crippen molar-refractivity contribution in [3.05, 3.63) is 34.2 Å². The van der Waals surface area contributed by atoms with Crippen molar-refractivity contribution in [1.29, 1.82) is 0 Å². The van der Waals surface area contributed by atoms with E-state index in [9.17, 15) is 0 Å². The Kier molecular flexibility index (Phi) is 4.25. The average molecular weight is 288 g/mol. The number of hydrogen-bond acceptors (Lipinski definition) is 5. The van der Waals surface area contributed by atoms with Gasteiger partial charge >= 0.3 is 0 Å². The minimum absolute atomic E-state index is 0.247. The van der Waals surface area contributed by atoms with Gasteiger partial charge in [-0.05, 0) is 32.1 Å². The molecule has 2 aromatic heterocycles. The van der Waals surface area contributed by atoms with Crippen LogP contribution in [0.25, 0.3) is 0 Å². The molecule has 0 aliphatic heterocycles. The Morgan fingerprint density at radius 1 is 1.20 bits per heavy atom. The molecule has 0 radical (unpaired) electrons.